The summed E-state index contributed by atoms with van der Waals surface area (Å²) >= 11 is 0. The summed E-state index contributed by atoms with van der Waals surface area (Å²) in [5.74, 6) is 0. The van der Waals surface area contributed by atoms with Gasteiger partial charge in [0.15, 0.2) is 0 Å². The van der Waals surface area contributed by atoms with Gasteiger partial charge in [0.1, 0.15) is 0 Å². The Morgan fingerprint density at radius 1 is 1.33 bits per heavy atom. The monoisotopic (exact) mass is 210 g/mol. The number of nitrogens with one attached hydrogen (secondary N) is 1. The van der Waals surface area contributed by atoms with E-state index in [2.05, 4.69) is 24.1 Å². The van der Waals surface area contributed by atoms with Crippen LogP contribution >= 0.6 is 0 Å². The molecule has 88 valence electrons. The van der Waals surface area contributed by atoms with E-state index in [0.29, 0.717) is 5.41 Å². The molecule has 2 heteroatoms. The van der Waals surface area contributed by atoms with Crippen molar-refractivity contribution in [2.24, 2.45) is 5.41 Å². The normalized spacial score (nSPS) is 32.0. The van der Waals surface area contributed by atoms with Crippen LogP contribution in [0.3, 0.4) is 0 Å². The minimum atomic E-state index is 0.635. The molecular weight excluding hydrogens is 184 g/mol. The molecule has 2 fully saturated rings. The molecule has 1 unspecified atom stereocenters. The zero-order valence-electron chi connectivity index (χ0n) is 10.4. The van der Waals surface area contributed by atoms with E-state index in [1.54, 1.807) is 0 Å². The third-order valence-electron chi connectivity index (χ3n) is 4.25. The van der Waals surface area contributed by atoms with E-state index in [1.165, 1.54) is 58.3 Å². The smallest absolute Gasteiger partial charge is 0.0192 e. The maximum absolute atomic E-state index is 3.59. The van der Waals surface area contributed by atoms with Crippen molar-refractivity contribution < 1.29 is 0 Å². The molecule has 1 saturated carbocycles. The molecule has 2 rings (SSSR count). The summed E-state index contributed by atoms with van der Waals surface area (Å²) in [6, 6.07) is 0.740. The lowest BCUT2D eigenvalue weighted by Gasteiger charge is -2.38. The third-order valence-corrected chi connectivity index (χ3v) is 4.25. The Kier molecular flexibility index (Phi) is 3.68. The molecule has 1 heterocycles. The number of rotatable bonds is 3. The van der Waals surface area contributed by atoms with Crippen LogP contribution in [-0.4, -0.2) is 37.1 Å². The fourth-order valence-corrected chi connectivity index (χ4v) is 3.24. The van der Waals surface area contributed by atoms with Crippen LogP contribution in [-0.2, 0) is 0 Å². The Morgan fingerprint density at radius 3 is 2.73 bits per heavy atom. The van der Waals surface area contributed by atoms with Gasteiger partial charge in [-0.05, 0) is 24.7 Å². The molecule has 0 aromatic rings. The highest BCUT2D eigenvalue weighted by molar-refractivity contribution is 4.86. The van der Waals surface area contributed by atoms with Crippen LogP contribution in [0.2, 0.25) is 0 Å². The SMILES string of the molecule is CCC1CN(CC2(C)CCCC2)CCN1. The lowest BCUT2D eigenvalue weighted by Crippen LogP contribution is -2.52. The molecule has 1 aliphatic carbocycles. The Hall–Kier alpha value is -0.0800. The van der Waals surface area contributed by atoms with Crippen LogP contribution in [0.4, 0.5) is 0 Å². The van der Waals surface area contributed by atoms with Crippen molar-refractivity contribution in [1.29, 1.82) is 0 Å². The average molecular weight is 210 g/mol. The fraction of sp³-hybridized carbons (Fsp3) is 1.00. The van der Waals surface area contributed by atoms with E-state index in [-0.39, 0.29) is 0 Å². The quantitative estimate of drug-likeness (QED) is 0.768. The van der Waals surface area contributed by atoms with Gasteiger partial charge in [0.2, 0.25) is 0 Å². The van der Waals surface area contributed by atoms with Gasteiger partial charge in [-0.3, -0.25) is 4.90 Å². The molecule has 1 saturated heterocycles. The Labute approximate surface area is 94.4 Å². The molecule has 1 N–H and O–H groups in total. The lowest BCUT2D eigenvalue weighted by atomic mass is 9.88. The van der Waals surface area contributed by atoms with Gasteiger partial charge in [0, 0.05) is 32.2 Å². The van der Waals surface area contributed by atoms with Crippen LogP contribution in [0.15, 0.2) is 0 Å². The zero-order valence-corrected chi connectivity index (χ0v) is 10.4. The van der Waals surface area contributed by atoms with Gasteiger partial charge in [-0.2, -0.15) is 0 Å². The predicted octanol–water partition coefficient (Wildman–Crippen LogP) is 2.25. The molecule has 0 aromatic heterocycles. The number of hydrogen-bond donors (Lipinski definition) is 1. The minimum absolute atomic E-state index is 0.635. The first-order valence-electron chi connectivity index (χ1n) is 6.68. The Morgan fingerprint density at radius 2 is 2.07 bits per heavy atom. The van der Waals surface area contributed by atoms with E-state index in [9.17, 15) is 0 Å². The van der Waals surface area contributed by atoms with Crippen molar-refractivity contribution >= 4 is 0 Å². The molecular formula is C13H26N2. The number of hydrogen-bond acceptors (Lipinski definition) is 2. The van der Waals surface area contributed by atoms with Gasteiger partial charge in [0.25, 0.3) is 0 Å². The van der Waals surface area contributed by atoms with Crippen LogP contribution in [0, 0.1) is 5.41 Å². The molecule has 2 aliphatic rings. The topological polar surface area (TPSA) is 15.3 Å². The zero-order chi connectivity index (χ0) is 10.7. The van der Waals surface area contributed by atoms with Crippen LogP contribution in [0.5, 0.6) is 0 Å². The summed E-state index contributed by atoms with van der Waals surface area (Å²) < 4.78 is 0. The first kappa shape index (κ1) is 11.4. The van der Waals surface area contributed by atoms with Gasteiger partial charge in [-0.25, -0.2) is 0 Å². The molecule has 1 atom stereocenters. The standard InChI is InChI=1S/C13H26N2/c1-3-12-10-15(9-8-14-12)11-13(2)6-4-5-7-13/h12,14H,3-11H2,1-2H3. The second-order valence-corrected chi connectivity index (χ2v) is 5.81. The number of piperazine rings is 1. The molecule has 0 aromatic carbocycles. The summed E-state index contributed by atoms with van der Waals surface area (Å²) in [4.78, 5) is 2.69. The first-order valence-corrected chi connectivity index (χ1v) is 6.68. The van der Waals surface area contributed by atoms with Crippen LogP contribution < -0.4 is 5.32 Å². The first-order chi connectivity index (χ1) is 7.22. The average Bonchev–Trinajstić information content (AvgIpc) is 2.65. The highest BCUT2D eigenvalue weighted by Gasteiger charge is 2.31. The van der Waals surface area contributed by atoms with Crippen LogP contribution in [0.1, 0.15) is 46.0 Å². The van der Waals surface area contributed by atoms with Crippen molar-refractivity contribution in [3.8, 4) is 0 Å². The second-order valence-electron chi connectivity index (χ2n) is 5.81. The summed E-state index contributed by atoms with van der Waals surface area (Å²) in [5, 5.41) is 3.59. The van der Waals surface area contributed by atoms with E-state index in [1.807, 2.05) is 0 Å². The minimum Gasteiger partial charge on any atom is -0.311 e. The number of nitrogens with zero attached hydrogens (tertiary/aromatic N) is 1. The molecule has 2 nitrogen and oxygen atoms in total. The highest BCUT2D eigenvalue weighted by atomic mass is 15.2. The molecule has 0 bridgehead atoms. The molecule has 0 amide bonds. The summed E-state index contributed by atoms with van der Waals surface area (Å²) in [6.45, 7) is 9.83. The van der Waals surface area contributed by atoms with E-state index < -0.39 is 0 Å². The van der Waals surface area contributed by atoms with E-state index >= 15 is 0 Å². The molecule has 15 heavy (non-hydrogen) atoms. The van der Waals surface area contributed by atoms with E-state index in [4.69, 9.17) is 0 Å². The fourth-order valence-electron chi connectivity index (χ4n) is 3.24. The van der Waals surface area contributed by atoms with Crippen molar-refractivity contribution in [3.05, 3.63) is 0 Å². The van der Waals surface area contributed by atoms with Gasteiger partial charge < -0.3 is 5.32 Å². The Balaban J connectivity index is 1.83. The molecule has 0 radical (unpaired) electrons. The van der Waals surface area contributed by atoms with Crippen molar-refractivity contribution in [2.75, 3.05) is 26.2 Å². The van der Waals surface area contributed by atoms with Gasteiger partial charge in [-0.15, -0.1) is 0 Å². The second kappa shape index (κ2) is 4.84. The van der Waals surface area contributed by atoms with Crippen molar-refractivity contribution in [3.63, 3.8) is 0 Å². The summed E-state index contributed by atoms with van der Waals surface area (Å²) in [6.07, 6.45) is 7.09. The summed E-state index contributed by atoms with van der Waals surface area (Å²) in [7, 11) is 0. The lowest BCUT2D eigenvalue weighted by molar-refractivity contribution is 0.129. The van der Waals surface area contributed by atoms with Gasteiger partial charge in [0.05, 0.1) is 0 Å². The van der Waals surface area contributed by atoms with Gasteiger partial charge >= 0.3 is 0 Å². The van der Waals surface area contributed by atoms with E-state index in [0.717, 1.165) is 6.04 Å². The highest BCUT2D eigenvalue weighted by Crippen LogP contribution is 2.38. The van der Waals surface area contributed by atoms with Crippen LogP contribution in [0.25, 0.3) is 0 Å². The van der Waals surface area contributed by atoms with Crippen molar-refractivity contribution in [2.45, 2.75) is 52.0 Å². The molecule has 1 aliphatic heterocycles. The maximum Gasteiger partial charge on any atom is 0.0192 e. The predicted molar refractivity (Wildman–Crippen MR) is 65.1 cm³/mol. The molecule has 0 spiro atoms. The third kappa shape index (κ3) is 2.94. The maximum atomic E-state index is 3.59. The summed E-state index contributed by atoms with van der Waals surface area (Å²) in [5.41, 5.74) is 0.635. The largest absolute Gasteiger partial charge is 0.311 e. The Bertz CT molecular complexity index is 197. The van der Waals surface area contributed by atoms with Crippen molar-refractivity contribution in [1.82, 2.24) is 10.2 Å². The van der Waals surface area contributed by atoms with Gasteiger partial charge in [-0.1, -0.05) is 26.7 Å².